The van der Waals surface area contributed by atoms with E-state index >= 15 is 0 Å². The molecule has 0 saturated carbocycles. The van der Waals surface area contributed by atoms with Gasteiger partial charge in [-0.1, -0.05) is 82.9 Å². The summed E-state index contributed by atoms with van der Waals surface area (Å²) in [5, 5.41) is 11.6. The van der Waals surface area contributed by atoms with Gasteiger partial charge >= 0.3 is 0 Å². The van der Waals surface area contributed by atoms with Gasteiger partial charge in [0.05, 0.1) is 21.1 Å². The van der Waals surface area contributed by atoms with Crippen LogP contribution in [0, 0.1) is 0 Å². The quantitative estimate of drug-likeness (QED) is 0.272. The molecule has 0 aliphatic rings. The first kappa shape index (κ1) is 25.5. The van der Waals surface area contributed by atoms with Gasteiger partial charge in [-0.2, -0.15) is 0 Å². The van der Waals surface area contributed by atoms with Crippen molar-refractivity contribution in [3.8, 4) is 5.75 Å². The highest BCUT2D eigenvalue weighted by Gasteiger charge is 2.38. The van der Waals surface area contributed by atoms with Crippen molar-refractivity contribution < 1.29 is 19.1 Å². The van der Waals surface area contributed by atoms with Crippen molar-refractivity contribution in [2.24, 2.45) is 0 Å². The molecule has 0 heterocycles. The van der Waals surface area contributed by atoms with Gasteiger partial charge < -0.3 is 19.1 Å². The third-order valence-electron chi connectivity index (χ3n) is 5.29. The van der Waals surface area contributed by atoms with Crippen molar-refractivity contribution >= 4 is 5.97 Å². The topological polar surface area (TPSA) is 49.4 Å². The molecule has 1 aromatic rings. The number of hydrogen-bond acceptors (Lipinski definition) is 3. The highest BCUT2D eigenvalue weighted by Crippen LogP contribution is 2.29. The zero-order valence-electron chi connectivity index (χ0n) is 19.3. The number of unbranched alkanes of at least 4 members (excludes halogenated alkanes) is 9. The molecule has 0 bridgehead atoms. The number of quaternary nitrogens is 1. The summed E-state index contributed by atoms with van der Waals surface area (Å²) in [5.41, 5.74) is -0.738. The summed E-state index contributed by atoms with van der Waals surface area (Å²) in [7, 11) is 6.24. The molecule has 0 aromatic heterocycles. The zero-order chi connectivity index (χ0) is 21.6. The molecule has 4 heteroatoms. The number of likely N-dealkylation sites (N-methyl/N-ethyl adjacent to an activating group) is 1. The Balaban J connectivity index is 2.57. The Kier molecular flexibility index (Phi) is 12.0. The van der Waals surface area contributed by atoms with E-state index in [4.69, 9.17) is 4.74 Å². The first-order valence-corrected chi connectivity index (χ1v) is 11.5. The standard InChI is InChI=1S/C25H43NO3/c1-5-6-7-8-9-10-11-12-13-17-20-25(21-24(27)28,22-26(2,3)4)29-23-18-15-14-16-19-23/h14-16,18-19H,5-13,17,20-22H2,1-4H3. The van der Waals surface area contributed by atoms with E-state index in [1.807, 2.05) is 30.3 Å². The van der Waals surface area contributed by atoms with Gasteiger partial charge in [0, 0.05) is 12.4 Å². The van der Waals surface area contributed by atoms with Crippen LogP contribution in [0.15, 0.2) is 30.3 Å². The number of carbonyl (C=O) groups excluding carboxylic acids is 1. The minimum atomic E-state index is -1.04. The van der Waals surface area contributed by atoms with Gasteiger partial charge in [0.15, 0.2) is 5.60 Å². The Labute approximate surface area is 178 Å². The predicted molar refractivity (Wildman–Crippen MR) is 119 cm³/mol. The maximum Gasteiger partial charge on any atom is 0.163 e. The Morgan fingerprint density at radius 1 is 0.897 bits per heavy atom. The minimum Gasteiger partial charge on any atom is -0.550 e. The summed E-state index contributed by atoms with van der Waals surface area (Å²) in [4.78, 5) is 11.6. The number of ether oxygens (including phenoxy) is 1. The van der Waals surface area contributed by atoms with Crippen molar-refractivity contribution in [2.75, 3.05) is 27.7 Å². The number of carboxylic acids is 1. The molecule has 0 radical (unpaired) electrons. The van der Waals surface area contributed by atoms with Crippen LogP contribution in [-0.4, -0.2) is 43.7 Å². The number of carboxylic acid groups (broad SMARTS) is 1. The molecule has 1 rings (SSSR count). The van der Waals surface area contributed by atoms with Crippen molar-refractivity contribution in [1.82, 2.24) is 0 Å². The second-order valence-electron chi connectivity index (χ2n) is 9.53. The molecule has 1 aromatic carbocycles. The van der Waals surface area contributed by atoms with E-state index in [1.165, 1.54) is 51.4 Å². The predicted octanol–water partition coefficient (Wildman–Crippen LogP) is 4.96. The molecule has 0 spiro atoms. The molecule has 166 valence electrons. The van der Waals surface area contributed by atoms with Gasteiger partial charge in [0.2, 0.25) is 0 Å². The maximum atomic E-state index is 11.6. The molecular weight excluding hydrogens is 362 g/mol. The molecule has 0 N–H and O–H groups in total. The van der Waals surface area contributed by atoms with Crippen LogP contribution in [0.3, 0.4) is 0 Å². The maximum absolute atomic E-state index is 11.6. The van der Waals surface area contributed by atoms with E-state index in [0.717, 1.165) is 25.0 Å². The minimum absolute atomic E-state index is 0.0746. The van der Waals surface area contributed by atoms with Crippen molar-refractivity contribution in [2.45, 2.75) is 89.6 Å². The smallest absolute Gasteiger partial charge is 0.163 e. The van der Waals surface area contributed by atoms with Crippen molar-refractivity contribution in [3.05, 3.63) is 30.3 Å². The van der Waals surface area contributed by atoms with Gasteiger partial charge in [0.1, 0.15) is 12.3 Å². The number of nitrogens with zero attached hydrogens (tertiary/aromatic N) is 1. The summed E-state index contributed by atoms with van der Waals surface area (Å²) >= 11 is 0. The fourth-order valence-corrected chi connectivity index (χ4v) is 4.14. The first-order chi connectivity index (χ1) is 13.8. The molecule has 0 aliphatic heterocycles. The Hall–Kier alpha value is -1.55. The van der Waals surface area contributed by atoms with E-state index < -0.39 is 11.6 Å². The second-order valence-corrected chi connectivity index (χ2v) is 9.53. The van der Waals surface area contributed by atoms with E-state index in [1.54, 1.807) is 0 Å². The molecule has 0 amide bonds. The number of hydrogen-bond donors (Lipinski definition) is 0. The largest absolute Gasteiger partial charge is 0.550 e. The lowest BCUT2D eigenvalue weighted by molar-refractivity contribution is -0.876. The van der Waals surface area contributed by atoms with Crippen molar-refractivity contribution in [1.29, 1.82) is 0 Å². The number of benzene rings is 1. The Morgan fingerprint density at radius 2 is 1.41 bits per heavy atom. The Morgan fingerprint density at radius 3 is 1.90 bits per heavy atom. The number of aliphatic carboxylic acids is 1. The lowest BCUT2D eigenvalue weighted by atomic mass is 9.90. The number of para-hydroxylation sites is 1. The van der Waals surface area contributed by atoms with Crippen LogP contribution in [0.5, 0.6) is 5.75 Å². The molecule has 0 aliphatic carbocycles. The van der Waals surface area contributed by atoms with E-state index in [9.17, 15) is 9.90 Å². The molecule has 29 heavy (non-hydrogen) atoms. The van der Waals surface area contributed by atoms with Crippen molar-refractivity contribution in [3.63, 3.8) is 0 Å². The van der Waals surface area contributed by atoms with Gasteiger partial charge in [-0.25, -0.2) is 0 Å². The normalized spacial score (nSPS) is 13.8. The van der Waals surface area contributed by atoms with E-state index in [-0.39, 0.29) is 6.42 Å². The van der Waals surface area contributed by atoms with Crippen LogP contribution in [0.4, 0.5) is 0 Å². The van der Waals surface area contributed by atoms with Crippen LogP contribution >= 0.6 is 0 Å². The monoisotopic (exact) mass is 405 g/mol. The number of rotatable bonds is 17. The van der Waals surface area contributed by atoms with Gasteiger partial charge in [-0.3, -0.25) is 0 Å². The summed E-state index contributed by atoms with van der Waals surface area (Å²) in [6.07, 6.45) is 13.3. The molecule has 1 atom stereocenters. The Bertz CT molecular complexity index is 553. The lowest BCUT2D eigenvalue weighted by Crippen LogP contribution is -2.55. The van der Waals surface area contributed by atoms with Crippen LogP contribution in [0.1, 0.15) is 84.0 Å². The fraction of sp³-hybridized carbons (Fsp3) is 0.720. The summed E-state index contributed by atoms with van der Waals surface area (Å²) in [6, 6.07) is 9.59. The fourth-order valence-electron chi connectivity index (χ4n) is 4.14. The first-order valence-electron chi connectivity index (χ1n) is 11.5. The third-order valence-corrected chi connectivity index (χ3v) is 5.29. The van der Waals surface area contributed by atoms with Gasteiger partial charge in [-0.05, 0) is 25.0 Å². The van der Waals surface area contributed by atoms with Gasteiger partial charge in [-0.15, -0.1) is 0 Å². The number of carbonyl (C=O) groups is 1. The lowest BCUT2D eigenvalue weighted by Gasteiger charge is -2.40. The van der Waals surface area contributed by atoms with Crippen LogP contribution in [-0.2, 0) is 4.79 Å². The van der Waals surface area contributed by atoms with Crippen LogP contribution < -0.4 is 9.84 Å². The molecular formula is C25H43NO3. The average molecular weight is 406 g/mol. The van der Waals surface area contributed by atoms with Crippen LogP contribution in [0.25, 0.3) is 0 Å². The SMILES string of the molecule is CCCCCCCCCCCCC(CC(=O)[O-])(C[N+](C)(C)C)Oc1ccccc1. The summed E-state index contributed by atoms with van der Waals surface area (Å²) < 4.78 is 6.99. The molecule has 0 fully saturated rings. The highest BCUT2D eigenvalue weighted by molar-refractivity contribution is 5.66. The van der Waals surface area contributed by atoms with Gasteiger partial charge in [0.25, 0.3) is 0 Å². The average Bonchev–Trinajstić information content (AvgIpc) is 2.62. The zero-order valence-corrected chi connectivity index (χ0v) is 19.3. The molecule has 1 unspecified atom stereocenters. The summed E-state index contributed by atoms with van der Waals surface area (Å²) in [5.74, 6) is -0.310. The van der Waals surface area contributed by atoms with E-state index in [0.29, 0.717) is 11.0 Å². The van der Waals surface area contributed by atoms with Crippen LogP contribution in [0.2, 0.25) is 0 Å². The summed E-state index contributed by atoms with van der Waals surface area (Å²) in [6.45, 7) is 2.88. The third kappa shape index (κ3) is 12.6. The molecule has 0 saturated heterocycles. The van der Waals surface area contributed by atoms with E-state index in [2.05, 4.69) is 28.1 Å². The second kappa shape index (κ2) is 13.6. The highest BCUT2D eigenvalue weighted by atomic mass is 16.5. The molecule has 4 nitrogen and oxygen atoms in total.